The first-order valence-corrected chi connectivity index (χ1v) is 6.99. The predicted molar refractivity (Wildman–Crippen MR) is 72.8 cm³/mol. The van der Waals surface area contributed by atoms with Gasteiger partial charge in [0, 0.05) is 24.1 Å². The van der Waals surface area contributed by atoms with E-state index in [-0.39, 0.29) is 0 Å². The van der Waals surface area contributed by atoms with Crippen molar-refractivity contribution in [3.63, 3.8) is 0 Å². The third-order valence-electron chi connectivity index (χ3n) is 2.46. The van der Waals surface area contributed by atoms with Gasteiger partial charge in [0.05, 0.1) is 0 Å². The van der Waals surface area contributed by atoms with Gasteiger partial charge in [0.2, 0.25) is 0 Å². The molecule has 15 heavy (non-hydrogen) atoms. The van der Waals surface area contributed by atoms with Crippen LogP contribution in [0.15, 0.2) is 0 Å². The smallest absolute Gasteiger partial charge is 0.0206 e. The minimum atomic E-state index is 0.362. The van der Waals surface area contributed by atoms with Gasteiger partial charge in [-0.2, -0.15) is 11.8 Å². The van der Waals surface area contributed by atoms with Gasteiger partial charge in [-0.3, -0.25) is 0 Å². The van der Waals surface area contributed by atoms with Gasteiger partial charge in [0.15, 0.2) is 0 Å². The average molecular weight is 232 g/mol. The molecule has 1 N–H and O–H groups in total. The molecule has 0 aliphatic heterocycles. The van der Waals surface area contributed by atoms with Gasteiger partial charge in [-0.1, -0.05) is 27.7 Å². The van der Waals surface area contributed by atoms with Crippen LogP contribution in [0.5, 0.6) is 0 Å². The van der Waals surface area contributed by atoms with Gasteiger partial charge in [0.1, 0.15) is 0 Å². The first-order valence-electron chi connectivity index (χ1n) is 5.83. The van der Waals surface area contributed by atoms with Crippen molar-refractivity contribution in [3.05, 3.63) is 0 Å². The summed E-state index contributed by atoms with van der Waals surface area (Å²) >= 11 is 2.05. The lowest BCUT2D eigenvalue weighted by Gasteiger charge is -2.31. The van der Waals surface area contributed by atoms with E-state index in [1.807, 2.05) is 0 Å². The van der Waals surface area contributed by atoms with E-state index in [0.717, 1.165) is 6.54 Å². The van der Waals surface area contributed by atoms with E-state index in [1.165, 1.54) is 18.1 Å². The molecule has 0 bridgehead atoms. The molecule has 0 rings (SSSR count). The Kier molecular flexibility index (Phi) is 7.66. The van der Waals surface area contributed by atoms with Crippen LogP contribution in [0, 0.1) is 5.41 Å². The standard InChI is InChI=1S/C12H28N2S/c1-7-13-11(12(2,3)4)10-15-9-8-14(5)6/h11,13H,7-10H2,1-6H3. The fraction of sp³-hybridized carbons (Fsp3) is 1.00. The van der Waals surface area contributed by atoms with Gasteiger partial charge >= 0.3 is 0 Å². The molecule has 0 aromatic carbocycles. The van der Waals surface area contributed by atoms with E-state index in [4.69, 9.17) is 0 Å². The molecule has 0 spiro atoms. The van der Waals surface area contributed by atoms with Gasteiger partial charge in [0.25, 0.3) is 0 Å². The molecule has 0 radical (unpaired) electrons. The fourth-order valence-corrected chi connectivity index (χ4v) is 2.82. The van der Waals surface area contributed by atoms with Crippen LogP contribution in [-0.2, 0) is 0 Å². The Labute approximate surface area is 100 Å². The molecule has 0 aromatic heterocycles. The zero-order chi connectivity index (χ0) is 11.9. The van der Waals surface area contributed by atoms with Crippen LogP contribution < -0.4 is 5.32 Å². The second-order valence-electron chi connectivity index (χ2n) is 5.35. The minimum Gasteiger partial charge on any atom is -0.313 e. The summed E-state index contributed by atoms with van der Waals surface area (Å²) in [6.45, 7) is 11.4. The second kappa shape index (κ2) is 7.53. The van der Waals surface area contributed by atoms with Crippen molar-refractivity contribution >= 4 is 11.8 Å². The van der Waals surface area contributed by atoms with E-state index >= 15 is 0 Å². The second-order valence-corrected chi connectivity index (χ2v) is 6.50. The molecule has 0 heterocycles. The van der Waals surface area contributed by atoms with Crippen molar-refractivity contribution in [1.29, 1.82) is 0 Å². The summed E-state index contributed by atoms with van der Waals surface area (Å²) in [7, 11) is 4.26. The molecule has 0 aliphatic rings. The molecule has 0 saturated carbocycles. The summed E-state index contributed by atoms with van der Waals surface area (Å²) in [6.07, 6.45) is 0. The number of nitrogens with one attached hydrogen (secondary N) is 1. The summed E-state index contributed by atoms with van der Waals surface area (Å²) < 4.78 is 0. The first kappa shape index (κ1) is 15.3. The van der Waals surface area contributed by atoms with Crippen molar-refractivity contribution in [1.82, 2.24) is 10.2 Å². The van der Waals surface area contributed by atoms with E-state index < -0.39 is 0 Å². The molecule has 0 amide bonds. The highest BCUT2D eigenvalue weighted by Crippen LogP contribution is 2.22. The summed E-state index contributed by atoms with van der Waals surface area (Å²) in [4.78, 5) is 2.24. The van der Waals surface area contributed by atoms with Crippen LogP contribution in [0.2, 0.25) is 0 Å². The minimum absolute atomic E-state index is 0.362. The molecule has 0 aliphatic carbocycles. The van der Waals surface area contributed by atoms with Crippen LogP contribution in [-0.4, -0.2) is 49.6 Å². The molecular weight excluding hydrogens is 204 g/mol. The molecule has 92 valence electrons. The SMILES string of the molecule is CCNC(CSCCN(C)C)C(C)(C)C. The largest absolute Gasteiger partial charge is 0.313 e. The zero-order valence-electron chi connectivity index (χ0n) is 11.3. The van der Waals surface area contributed by atoms with Crippen molar-refractivity contribution < 1.29 is 0 Å². The number of hydrogen-bond acceptors (Lipinski definition) is 3. The van der Waals surface area contributed by atoms with Crippen LogP contribution in [0.1, 0.15) is 27.7 Å². The lowest BCUT2D eigenvalue weighted by molar-refractivity contribution is 0.295. The quantitative estimate of drug-likeness (QED) is 0.678. The molecular formula is C12H28N2S. The number of rotatable bonds is 7. The maximum Gasteiger partial charge on any atom is 0.0206 e. The Bertz CT molecular complexity index is 152. The average Bonchev–Trinajstić information content (AvgIpc) is 2.08. The first-order chi connectivity index (χ1) is 6.88. The highest BCUT2D eigenvalue weighted by molar-refractivity contribution is 7.99. The van der Waals surface area contributed by atoms with E-state index in [0.29, 0.717) is 11.5 Å². The van der Waals surface area contributed by atoms with Gasteiger partial charge in [-0.25, -0.2) is 0 Å². The molecule has 2 nitrogen and oxygen atoms in total. The van der Waals surface area contributed by atoms with Crippen molar-refractivity contribution in [2.24, 2.45) is 5.41 Å². The lowest BCUT2D eigenvalue weighted by atomic mass is 9.88. The number of hydrogen-bond donors (Lipinski definition) is 1. The summed E-state index contributed by atoms with van der Waals surface area (Å²) in [5.74, 6) is 2.44. The lowest BCUT2D eigenvalue weighted by Crippen LogP contribution is -2.42. The topological polar surface area (TPSA) is 15.3 Å². The van der Waals surface area contributed by atoms with Crippen molar-refractivity contribution in [3.8, 4) is 0 Å². The van der Waals surface area contributed by atoms with Gasteiger partial charge in [-0.15, -0.1) is 0 Å². The number of nitrogens with zero attached hydrogens (tertiary/aromatic N) is 1. The molecule has 1 atom stereocenters. The normalized spacial score (nSPS) is 14.6. The Morgan fingerprint density at radius 1 is 1.27 bits per heavy atom. The number of thioether (sulfide) groups is 1. The highest BCUT2D eigenvalue weighted by atomic mass is 32.2. The Hall–Kier alpha value is 0.270. The summed E-state index contributed by atoms with van der Waals surface area (Å²) in [5, 5.41) is 3.58. The zero-order valence-corrected chi connectivity index (χ0v) is 12.1. The van der Waals surface area contributed by atoms with Crippen molar-refractivity contribution in [2.45, 2.75) is 33.7 Å². The predicted octanol–water partition coefficient (Wildman–Crippen LogP) is 2.31. The van der Waals surface area contributed by atoms with Crippen LogP contribution in [0.25, 0.3) is 0 Å². The molecule has 0 saturated heterocycles. The van der Waals surface area contributed by atoms with Crippen LogP contribution in [0.4, 0.5) is 0 Å². The highest BCUT2D eigenvalue weighted by Gasteiger charge is 2.23. The van der Waals surface area contributed by atoms with Crippen molar-refractivity contribution in [2.75, 3.05) is 38.7 Å². The van der Waals surface area contributed by atoms with E-state index in [9.17, 15) is 0 Å². The van der Waals surface area contributed by atoms with E-state index in [2.05, 4.69) is 63.8 Å². The monoisotopic (exact) mass is 232 g/mol. The maximum atomic E-state index is 3.58. The Balaban J connectivity index is 3.77. The Morgan fingerprint density at radius 3 is 2.27 bits per heavy atom. The maximum absolute atomic E-state index is 3.58. The third kappa shape index (κ3) is 8.12. The fourth-order valence-electron chi connectivity index (χ4n) is 1.31. The van der Waals surface area contributed by atoms with Crippen LogP contribution >= 0.6 is 11.8 Å². The molecule has 1 unspecified atom stereocenters. The van der Waals surface area contributed by atoms with Gasteiger partial charge in [-0.05, 0) is 26.1 Å². The Morgan fingerprint density at radius 2 is 1.87 bits per heavy atom. The van der Waals surface area contributed by atoms with Crippen LogP contribution in [0.3, 0.4) is 0 Å². The van der Waals surface area contributed by atoms with E-state index in [1.54, 1.807) is 0 Å². The molecule has 0 aromatic rings. The molecule has 0 fully saturated rings. The molecule has 3 heteroatoms. The summed E-state index contributed by atoms with van der Waals surface area (Å²) in [5.41, 5.74) is 0.362. The summed E-state index contributed by atoms with van der Waals surface area (Å²) in [6, 6.07) is 0.620. The van der Waals surface area contributed by atoms with Gasteiger partial charge < -0.3 is 10.2 Å². The third-order valence-corrected chi connectivity index (χ3v) is 3.50.